The van der Waals surface area contributed by atoms with Crippen molar-refractivity contribution >= 4 is 0 Å². The highest BCUT2D eigenvalue weighted by molar-refractivity contribution is 5.00. The van der Waals surface area contributed by atoms with E-state index < -0.39 is 0 Å². The average molecular weight is 250 g/mol. The molecule has 0 bridgehead atoms. The molecular formula is C12H18N4O2. The molecular weight excluding hydrogens is 232 g/mol. The minimum absolute atomic E-state index is 0.0745. The van der Waals surface area contributed by atoms with E-state index in [4.69, 9.17) is 9.52 Å². The van der Waals surface area contributed by atoms with Crippen LogP contribution in [-0.4, -0.2) is 32.7 Å². The number of nitrogens with one attached hydrogen (secondary N) is 1. The highest BCUT2D eigenvalue weighted by atomic mass is 16.3. The van der Waals surface area contributed by atoms with Gasteiger partial charge in [-0.15, -0.1) is 5.10 Å². The molecule has 0 aliphatic carbocycles. The summed E-state index contributed by atoms with van der Waals surface area (Å²) in [7, 11) is 0. The van der Waals surface area contributed by atoms with Gasteiger partial charge in [-0.05, 0) is 19.1 Å². The zero-order valence-electron chi connectivity index (χ0n) is 10.4. The molecule has 0 aliphatic rings. The van der Waals surface area contributed by atoms with Crippen LogP contribution in [0.25, 0.3) is 0 Å². The van der Waals surface area contributed by atoms with Crippen molar-refractivity contribution in [3.8, 4) is 0 Å². The molecule has 0 radical (unpaired) electrons. The first-order chi connectivity index (χ1) is 8.78. The molecule has 0 fully saturated rings. The number of aromatic nitrogens is 3. The fraction of sp³-hybridized carbons (Fsp3) is 0.500. The molecule has 2 rings (SSSR count). The maximum Gasteiger partial charge on any atom is 0.105 e. The van der Waals surface area contributed by atoms with Gasteiger partial charge in [-0.1, -0.05) is 5.21 Å². The van der Waals surface area contributed by atoms with E-state index in [0.29, 0.717) is 19.1 Å². The summed E-state index contributed by atoms with van der Waals surface area (Å²) < 4.78 is 6.93. The Morgan fingerprint density at radius 3 is 3.17 bits per heavy atom. The Hall–Kier alpha value is -1.66. The molecule has 1 atom stereocenters. The summed E-state index contributed by atoms with van der Waals surface area (Å²) in [5.41, 5.74) is 0.870. The summed E-state index contributed by atoms with van der Waals surface area (Å²) in [6.07, 6.45) is 4.36. The van der Waals surface area contributed by atoms with Gasteiger partial charge in [-0.25, -0.2) is 4.68 Å². The van der Waals surface area contributed by atoms with Crippen LogP contribution >= 0.6 is 0 Å². The van der Waals surface area contributed by atoms with Gasteiger partial charge in [0.15, 0.2) is 0 Å². The van der Waals surface area contributed by atoms with Crippen LogP contribution in [0.1, 0.15) is 18.4 Å². The molecule has 2 N–H and O–H groups in total. The normalized spacial score (nSPS) is 12.8. The zero-order chi connectivity index (χ0) is 12.8. The number of aliphatic hydroxyl groups excluding tert-OH is 1. The van der Waals surface area contributed by atoms with Crippen LogP contribution in [0.4, 0.5) is 0 Å². The van der Waals surface area contributed by atoms with Crippen molar-refractivity contribution in [3.05, 3.63) is 36.0 Å². The maximum absolute atomic E-state index is 8.78. The molecule has 2 aromatic heterocycles. The Morgan fingerprint density at radius 1 is 1.56 bits per heavy atom. The predicted octanol–water partition coefficient (Wildman–Crippen LogP) is 0.584. The minimum Gasteiger partial charge on any atom is -0.469 e. The van der Waals surface area contributed by atoms with Crippen LogP contribution in [0, 0.1) is 0 Å². The molecule has 0 amide bonds. The third-order valence-corrected chi connectivity index (χ3v) is 2.63. The smallest absolute Gasteiger partial charge is 0.105 e. The number of aliphatic hydroxyl groups is 1. The highest BCUT2D eigenvalue weighted by Gasteiger charge is 2.06. The van der Waals surface area contributed by atoms with Gasteiger partial charge in [0.05, 0.1) is 25.1 Å². The number of nitrogens with zero attached hydrogens (tertiary/aromatic N) is 3. The fourth-order valence-corrected chi connectivity index (χ4v) is 1.71. The van der Waals surface area contributed by atoms with Crippen molar-refractivity contribution in [2.45, 2.75) is 32.5 Å². The molecule has 0 aliphatic heterocycles. The maximum atomic E-state index is 8.78. The van der Waals surface area contributed by atoms with Crippen molar-refractivity contribution in [2.24, 2.45) is 0 Å². The molecule has 2 aromatic rings. The average Bonchev–Trinajstić information content (AvgIpc) is 2.99. The predicted molar refractivity (Wildman–Crippen MR) is 65.8 cm³/mol. The molecule has 1 unspecified atom stereocenters. The summed E-state index contributed by atoms with van der Waals surface area (Å²) in [6, 6.07) is 4.16. The molecule has 6 heteroatoms. The van der Waals surface area contributed by atoms with Gasteiger partial charge in [0.1, 0.15) is 5.76 Å². The second-order valence-corrected chi connectivity index (χ2v) is 4.26. The zero-order valence-corrected chi connectivity index (χ0v) is 10.4. The Balaban J connectivity index is 1.76. The van der Waals surface area contributed by atoms with Crippen LogP contribution < -0.4 is 5.32 Å². The van der Waals surface area contributed by atoms with Gasteiger partial charge >= 0.3 is 0 Å². The summed E-state index contributed by atoms with van der Waals surface area (Å²) in [6.45, 7) is 3.31. The van der Waals surface area contributed by atoms with E-state index in [0.717, 1.165) is 17.9 Å². The second kappa shape index (κ2) is 6.32. The van der Waals surface area contributed by atoms with Crippen molar-refractivity contribution in [1.29, 1.82) is 0 Å². The molecule has 0 saturated carbocycles. The number of hydrogen-bond acceptors (Lipinski definition) is 5. The largest absolute Gasteiger partial charge is 0.469 e. The second-order valence-electron chi connectivity index (χ2n) is 4.26. The molecule has 2 heterocycles. The molecule has 18 heavy (non-hydrogen) atoms. The van der Waals surface area contributed by atoms with E-state index in [2.05, 4.69) is 22.6 Å². The van der Waals surface area contributed by atoms with Crippen LogP contribution in [0.5, 0.6) is 0 Å². The van der Waals surface area contributed by atoms with Gasteiger partial charge < -0.3 is 14.8 Å². The quantitative estimate of drug-likeness (QED) is 0.752. The number of hydrogen-bond donors (Lipinski definition) is 2. The Kier molecular flexibility index (Phi) is 4.49. The van der Waals surface area contributed by atoms with E-state index in [1.165, 1.54) is 0 Å². The van der Waals surface area contributed by atoms with Crippen LogP contribution in [0.15, 0.2) is 29.0 Å². The monoisotopic (exact) mass is 250 g/mol. The molecule has 6 nitrogen and oxygen atoms in total. The van der Waals surface area contributed by atoms with Gasteiger partial charge in [-0.3, -0.25) is 0 Å². The molecule has 0 aromatic carbocycles. The van der Waals surface area contributed by atoms with Gasteiger partial charge in [0.2, 0.25) is 0 Å². The van der Waals surface area contributed by atoms with Gasteiger partial charge in [0.25, 0.3) is 0 Å². The lowest BCUT2D eigenvalue weighted by molar-refractivity contribution is 0.268. The van der Waals surface area contributed by atoms with E-state index in [9.17, 15) is 0 Å². The Labute approximate surface area is 106 Å². The van der Waals surface area contributed by atoms with Crippen LogP contribution in [0.2, 0.25) is 0 Å². The van der Waals surface area contributed by atoms with E-state index in [-0.39, 0.29) is 6.61 Å². The number of rotatable bonds is 7. The summed E-state index contributed by atoms with van der Waals surface area (Å²) in [4.78, 5) is 0. The Bertz CT molecular complexity index is 452. The molecule has 0 saturated heterocycles. The first-order valence-corrected chi connectivity index (χ1v) is 6.03. The summed E-state index contributed by atoms with van der Waals surface area (Å²) >= 11 is 0. The SMILES string of the molecule is CC(Cc1ccco1)NCc1cn(CCO)nn1. The lowest BCUT2D eigenvalue weighted by Crippen LogP contribution is -2.27. The summed E-state index contributed by atoms with van der Waals surface area (Å²) in [5.74, 6) is 0.971. The van der Waals surface area contributed by atoms with E-state index in [1.54, 1.807) is 10.9 Å². The van der Waals surface area contributed by atoms with Crippen molar-refractivity contribution < 1.29 is 9.52 Å². The standard InChI is InChI=1S/C12H18N4O2/c1-10(7-12-3-2-6-18-12)13-8-11-9-16(4-5-17)15-14-11/h2-3,6,9-10,13,17H,4-5,7-8H2,1H3. The third-order valence-electron chi connectivity index (χ3n) is 2.63. The van der Waals surface area contributed by atoms with Crippen molar-refractivity contribution in [1.82, 2.24) is 20.3 Å². The first kappa shape index (κ1) is 12.8. The molecule has 0 spiro atoms. The van der Waals surface area contributed by atoms with Crippen molar-refractivity contribution in [3.63, 3.8) is 0 Å². The topological polar surface area (TPSA) is 76.1 Å². The van der Waals surface area contributed by atoms with Gasteiger partial charge in [-0.2, -0.15) is 0 Å². The van der Waals surface area contributed by atoms with Crippen molar-refractivity contribution in [2.75, 3.05) is 6.61 Å². The molecule has 98 valence electrons. The minimum atomic E-state index is 0.0745. The third kappa shape index (κ3) is 3.68. The van der Waals surface area contributed by atoms with E-state index in [1.807, 2.05) is 18.3 Å². The van der Waals surface area contributed by atoms with E-state index >= 15 is 0 Å². The number of furan rings is 1. The lowest BCUT2D eigenvalue weighted by atomic mass is 10.2. The highest BCUT2D eigenvalue weighted by Crippen LogP contribution is 2.04. The summed E-state index contributed by atoms with van der Waals surface area (Å²) in [5, 5.41) is 20.1. The van der Waals surface area contributed by atoms with Crippen LogP contribution in [-0.2, 0) is 19.5 Å². The first-order valence-electron chi connectivity index (χ1n) is 6.03. The lowest BCUT2D eigenvalue weighted by Gasteiger charge is -2.10. The Morgan fingerprint density at radius 2 is 2.44 bits per heavy atom. The van der Waals surface area contributed by atoms with Crippen LogP contribution in [0.3, 0.4) is 0 Å². The van der Waals surface area contributed by atoms with Gasteiger partial charge in [0, 0.05) is 25.2 Å². The fourth-order valence-electron chi connectivity index (χ4n) is 1.71.